The minimum absolute atomic E-state index is 0.130. The lowest BCUT2D eigenvalue weighted by Gasteiger charge is -2.13. The zero-order valence-corrected chi connectivity index (χ0v) is 11.3. The van der Waals surface area contributed by atoms with E-state index in [1.807, 2.05) is 37.3 Å². The number of esters is 1. The van der Waals surface area contributed by atoms with Crippen LogP contribution in [0.4, 0.5) is 0 Å². The molecule has 0 bridgehead atoms. The van der Waals surface area contributed by atoms with E-state index >= 15 is 0 Å². The van der Waals surface area contributed by atoms with Gasteiger partial charge in [-0.25, -0.2) is 0 Å². The highest BCUT2D eigenvalue weighted by Gasteiger charge is 2.15. The van der Waals surface area contributed by atoms with Crippen LogP contribution < -0.4 is 0 Å². The Balaban J connectivity index is 2.30. The Bertz CT molecular complexity index is 546. The van der Waals surface area contributed by atoms with Crippen molar-refractivity contribution in [2.24, 2.45) is 5.92 Å². The molecule has 2 nitrogen and oxygen atoms in total. The number of carbonyl (C=O) groups is 1. The third-order valence-corrected chi connectivity index (χ3v) is 3.23. The molecule has 2 heteroatoms. The van der Waals surface area contributed by atoms with Crippen LogP contribution in [0.25, 0.3) is 11.1 Å². The van der Waals surface area contributed by atoms with E-state index in [4.69, 9.17) is 4.74 Å². The molecule has 1 atom stereocenters. The van der Waals surface area contributed by atoms with Gasteiger partial charge in [0.1, 0.15) is 0 Å². The molecule has 0 aliphatic rings. The first-order valence-electron chi connectivity index (χ1n) is 6.43. The van der Waals surface area contributed by atoms with Gasteiger partial charge in [0.2, 0.25) is 0 Å². The normalized spacial score (nSPS) is 11.9. The van der Waals surface area contributed by atoms with E-state index in [0.717, 1.165) is 0 Å². The maximum atomic E-state index is 11.5. The minimum atomic E-state index is -0.164. The van der Waals surface area contributed by atoms with Crippen LogP contribution in [0.3, 0.4) is 0 Å². The van der Waals surface area contributed by atoms with Crippen LogP contribution in [0, 0.1) is 5.92 Å². The topological polar surface area (TPSA) is 26.3 Å². The Morgan fingerprint density at radius 2 is 1.68 bits per heavy atom. The summed E-state index contributed by atoms with van der Waals surface area (Å²) < 4.78 is 4.79. The summed E-state index contributed by atoms with van der Waals surface area (Å²) in [6, 6.07) is 18.4. The molecular weight excluding hydrogens is 236 g/mol. The van der Waals surface area contributed by atoms with E-state index < -0.39 is 0 Å². The lowest BCUT2D eigenvalue weighted by atomic mass is 9.93. The number of ether oxygens (including phenoxy) is 1. The predicted molar refractivity (Wildman–Crippen MR) is 76.8 cm³/mol. The summed E-state index contributed by atoms with van der Waals surface area (Å²) in [5.41, 5.74) is 3.53. The molecule has 0 aliphatic heterocycles. The van der Waals surface area contributed by atoms with Gasteiger partial charge in [0.25, 0.3) is 0 Å². The van der Waals surface area contributed by atoms with Gasteiger partial charge < -0.3 is 4.74 Å². The van der Waals surface area contributed by atoms with Gasteiger partial charge in [0, 0.05) is 0 Å². The molecule has 0 heterocycles. The second-order valence-electron chi connectivity index (χ2n) is 4.65. The monoisotopic (exact) mass is 254 g/mol. The first-order valence-corrected chi connectivity index (χ1v) is 6.43. The van der Waals surface area contributed by atoms with E-state index in [1.165, 1.54) is 23.8 Å². The molecule has 0 aliphatic carbocycles. The SMILES string of the molecule is COC(=O)C(C)Cc1ccccc1-c1ccccc1. The zero-order chi connectivity index (χ0) is 13.7. The number of carbonyl (C=O) groups excluding carboxylic acids is 1. The molecule has 0 aromatic heterocycles. The summed E-state index contributed by atoms with van der Waals surface area (Å²) in [5.74, 6) is -0.294. The Kier molecular flexibility index (Phi) is 4.35. The standard InChI is InChI=1S/C17H18O2/c1-13(17(18)19-2)12-15-10-6-7-11-16(15)14-8-4-3-5-9-14/h3-11,13H,12H2,1-2H3. The highest BCUT2D eigenvalue weighted by Crippen LogP contribution is 2.25. The number of hydrogen-bond donors (Lipinski definition) is 0. The van der Waals surface area contributed by atoms with Crippen molar-refractivity contribution in [3.05, 3.63) is 60.2 Å². The van der Waals surface area contributed by atoms with Crippen molar-refractivity contribution in [3.63, 3.8) is 0 Å². The number of benzene rings is 2. The van der Waals surface area contributed by atoms with Crippen molar-refractivity contribution in [3.8, 4) is 11.1 Å². The zero-order valence-electron chi connectivity index (χ0n) is 11.3. The van der Waals surface area contributed by atoms with Crippen LogP contribution in [0.2, 0.25) is 0 Å². The maximum Gasteiger partial charge on any atom is 0.308 e. The Morgan fingerprint density at radius 3 is 2.37 bits per heavy atom. The predicted octanol–water partition coefficient (Wildman–Crippen LogP) is 3.71. The molecule has 19 heavy (non-hydrogen) atoms. The van der Waals surface area contributed by atoms with Crippen molar-refractivity contribution in [2.45, 2.75) is 13.3 Å². The van der Waals surface area contributed by atoms with Crippen molar-refractivity contribution in [1.29, 1.82) is 0 Å². The van der Waals surface area contributed by atoms with Gasteiger partial charge in [-0.05, 0) is 23.1 Å². The maximum absolute atomic E-state index is 11.5. The molecule has 1 unspecified atom stereocenters. The van der Waals surface area contributed by atoms with Crippen LogP contribution in [-0.4, -0.2) is 13.1 Å². The second-order valence-corrected chi connectivity index (χ2v) is 4.65. The van der Waals surface area contributed by atoms with Crippen molar-refractivity contribution < 1.29 is 9.53 Å². The first kappa shape index (κ1) is 13.3. The van der Waals surface area contributed by atoms with Gasteiger partial charge in [0.15, 0.2) is 0 Å². The lowest BCUT2D eigenvalue weighted by molar-refractivity contribution is -0.144. The summed E-state index contributed by atoms with van der Waals surface area (Å²) in [6.45, 7) is 1.90. The largest absolute Gasteiger partial charge is 0.469 e. The van der Waals surface area contributed by atoms with Gasteiger partial charge in [-0.3, -0.25) is 4.79 Å². The molecule has 2 rings (SSSR count). The highest BCUT2D eigenvalue weighted by molar-refractivity contribution is 5.73. The lowest BCUT2D eigenvalue weighted by Crippen LogP contribution is -2.15. The fourth-order valence-electron chi connectivity index (χ4n) is 2.21. The van der Waals surface area contributed by atoms with Crippen molar-refractivity contribution >= 4 is 5.97 Å². The quantitative estimate of drug-likeness (QED) is 0.777. The summed E-state index contributed by atoms with van der Waals surface area (Å²) in [5, 5.41) is 0. The molecule has 0 amide bonds. The summed E-state index contributed by atoms with van der Waals surface area (Å²) >= 11 is 0. The summed E-state index contributed by atoms with van der Waals surface area (Å²) in [7, 11) is 1.43. The minimum Gasteiger partial charge on any atom is -0.469 e. The highest BCUT2D eigenvalue weighted by atomic mass is 16.5. The summed E-state index contributed by atoms with van der Waals surface area (Å²) in [6.07, 6.45) is 0.692. The number of rotatable bonds is 4. The molecule has 0 radical (unpaired) electrons. The molecule has 0 fully saturated rings. The van der Waals surface area contributed by atoms with E-state index in [2.05, 4.69) is 24.3 Å². The number of hydrogen-bond acceptors (Lipinski definition) is 2. The Morgan fingerprint density at radius 1 is 1.05 bits per heavy atom. The third-order valence-electron chi connectivity index (χ3n) is 3.23. The molecule has 2 aromatic rings. The molecule has 0 N–H and O–H groups in total. The van der Waals surface area contributed by atoms with Crippen LogP contribution in [0.5, 0.6) is 0 Å². The van der Waals surface area contributed by atoms with Crippen LogP contribution >= 0.6 is 0 Å². The third kappa shape index (κ3) is 3.22. The van der Waals surface area contributed by atoms with E-state index in [9.17, 15) is 4.79 Å². The van der Waals surface area contributed by atoms with Crippen molar-refractivity contribution in [1.82, 2.24) is 0 Å². The van der Waals surface area contributed by atoms with E-state index in [0.29, 0.717) is 6.42 Å². The molecule has 98 valence electrons. The van der Waals surface area contributed by atoms with Gasteiger partial charge in [-0.1, -0.05) is 61.5 Å². The average Bonchev–Trinajstić information content (AvgIpc) is 2.47. The van der Waals surface area contributed by atoms with E-state index in [1.54, 1.807) is 0 Å². The average molecular weight is 254 g/mol. The number of methoxy groups -OCH3 is 1. The second kappa shape index (κ2) is 6.19. The van der Waals surface area contributed by atoms with Crippen LogP contribution in [0.1, 0.15) is 12.5 Å². The Hall–Kier alpha value is -2.09. The van der Waals surface area contributed by atoms with Crippen LogP contribution in [-0.2, 0) is 16.0 Å². The van der Waals surface area contributed by atoms with Gasteiger partial charge in [-0.2, -0.15) is 0 Å². The van der Waals surface area contributed by atoms with Crippen molar-refractivity contribution in [2.75, 3.05) is 7.11 Å². The molecule has 0 saturated carbocycles. The molecule has 2 aromatic carbocycles. The smallest absolute Gasteiger partial charge is 0.308 e. The molecule has 0 saturated heterocycles. The Labute approximate surface area is 114 Å². The van der Waals surface area contributed by atoms with Gasteiger partial charge in [0.05, 0.1) is 13.0 Å². The molecular formula is C17H18O2. The van der Waals surface area contributed by atoms with Crippen LogP contribution in [0.15, 0.2) is 54.6 Å². The van der Waals surface area contributed by atoms with E-state index in [-0.39, 0.29) is 11.9 Å². The first-order chi connectivity index (χ1) is 9.22. The van der Waals surface area contributed by atoms with Gasteiger partial charge >= 0.3 is 5.97 Å². The summed E-state index contributed by atoms with van der Waals surface area (Å²) in [4.78, 5) is 11.5. The fraction of sp³-hybridized carbons (Fsp3) is 0.235. The molecule has 0 spiro atoms. The fourth-order valence-corrected chi connectivity index (χ4v) is 2.21. The van der Waals surface area contributed by atoms with Gasteiger partial charge in [-0.15, -0.1) is 0 Å².